The van der Waals surface area contributed by atoms with E-state index in [4.69, 9.17) is 5.73 Å². The Hall–Kier alpha value is -1.40. The summed E-state index contributed by atoms with van der Waals surface area (Å²) in [5.41, 5.74) is 5.85. The molecular formula is C11H18N4O2. The number of amides is 1. The first-order valence-electron chi connectivity index (χ1n) is 5.70. The van der Waals surface area contributed by atoms with Crippen molar-refractivity contribution >= 4 is 5.91 Å². The Kier molecular flexibility index (Phi) is 2.92. The van der Waals surface area contributed by atoms with Crippen LogP contribution >= 0.6 is 0 Å². The molecule has 2 rings (SSSR count). The Balaban J connectivity index is 1.98. The summed E-state index contributed by atoms with van der Waals surface area (Å²) < 4.78 is 1.61. The van der Waals surface area contributed by atoms with Crippen LogP contribution in [0.4, 0.5) is 0 Å². The van der Waals surface area contributed by atoms with Gasteiger partial charge in [-0.1, -0.05) is 6.92 Å². The van der Waals surface area contributed by atoms with Crippen LogP contribution in [0.3, 0.4) is 0 Å². The maximum Gasteiger partial charge on any atom is 0.244 e. The molecule has 1 aromatic rings. The van der Waals surface area contributed by atoms with Gasteiger partial charge in [-0.2, -0.15) is 5.10 Å². The molecule has 1 atom stereocenters. The third-order valence-electron chi connectivity index (χ3n) is 3.29. The molecule has 17 heavy (non-hydrogen) atoms. The van der Waals surface area contributed by atoms with E-state index in [2.05, 4.69) is 5.10 Å². The molecule has 1 aliphatic heterocycles. The summed E-state index contributed by atoms with van der Waals surface area (Å²) in [5.74, 6) is -0.156. The number of hydrogen-bond acceptors (Lipinski definition) is 4. The molecule has 0 saturated carbocycles. The van der Waals surface area contributed by atoms with Crippen molar-refractivity contribution in [2.24, 2.45) is 12.8 Å². The standard InChI is InChI=1S/C11H18N4O2/c1-3-11(17)6-15(7-11)10(16)9(12)8-4-13-14(2)5-8/h4-5,9,17H,3,6-7,12H2,1-2H3. The van der Waals surface area contributed by atoms with Gasteiger partial charge in [0.2, 0.25) is 5.91 Å². The average Bonchev–Trinajstić information content (AvgIpc) is 2.69. The average molecular weight is 238 g/mol. The molecule has 0 aromatic carbocycles. The van der Waals surface area contributed by atoms with Crippen LogP contribution in [0.1, 0.15) is 24.9 Å². The molecule has 6 heteroatoms. The second kappa shape index (κ2) is 4.12. The number of aromatic nitrogens is 2. The van der Waals surface area contributed by atoms with Crippen molar-refractivity contribution in [3.05, 3.63) is 18.0 Å². The van der Waals surface area contributed by atoms with E-state index < -0.39 is 11.6 Å². The fourth-order valence-electron chi connectivity index (χ4n) is 1.98. The number of likely N-dealkylation sites (tertiary alicyclic amines) is 1. The minimum Gasteiger partial charge on any atom is -0.386 e. The lowest BCUT2D eigenvalue weighted by atomic mass is 9.90. The van der Waals surface area contributed by atoms with E-state index in [1.54, 1.807) is 29.0 Å². The summed E-state index contributed by atoms with van der Waals surface area (Å²) in [7, 11) is 1.78. The van der Waals surface area contributed by atoms with E-state index in [1.165, 1.54) is 0 Å². The van der Waals surface area contributed by atoms with Gasteiger partial charge >= 0.3 is 0 Å². The molecule has 94 valence electrons. The third-order valence-corrected chi connectivity index (χ3v) is 3.29. The van der Waals surface area contributed by atoms with Crippen LogP contribution in [0.15, 0.2) is 12.4 Å². The van der Waals surface area contributed by atoms with Gasteiger partial charge < -0.3 is 15.7 Å². The Morgan fingerprint density at radius 2 is 2.35 bits per heavy atom. The van der Waals surface area contributed by atoms with Crippen molar-refractivity contribution in [2.75, 3.05) is 13.1 Å². The Morgan fingerprint density at radius 1 is 1.71 bits per heavy atom. The molecule has 2 heterocycles. The molecule has 0 spiro atoms. The predicted octanol–water partition coefficient (Wildman–Crippen LogP) is -0.597. The lowest BCUT2D eigenvalue weighted by Crippen LogP contribution is -2.64. The number of carbonyl (C=O) groups is 1. The molecule has 1 fully saturated rings. The van der Waals surface area contributed by atoms with Crippen LogP contribution in [0.5, 0.6) is 0 Å². The highest BCUT2D eigenvalue weighted by Crippen LogP contribution is 2.26. The normalized spacial score (nSPS) is 19.9. The summed E-state index contributed by atoms with van der Waals surface area (Å²) in [6.07, 6.45) is 3.97. The molecular weight excluding hydrogens is 220 g/mol. The van der Waals surface area contributed by atoms with E-state index in [0.29, 0.717) is 25.1 Å². The molecule has 1 amide bonds. The summed E-state index contributed by atoms with van der Waals surface area (Å²) >= 11 is 0. The van der Waals surface area contributed by atoms with Gasteiger partial charge in [0.1, 0.15) is 6.04 Å². The zero-order valence-electron chi connectivity index (χ0n) is 10.1. The molecule has 0 radical (unpaired) electrons. The van der Waals surface area contributed by atoms with Crippen molar-refractivity contribution in [3.63, 3.8) is 0 Å². The van der Waals surface area contributed by atoms with Crippen molar-refractivity contribution in [3.8, 4) is 0 Å². The summed E-state index contributed by atoms with van der Waals surface area (Å²) in [4.78, 5) is 13.6. The number of nitrogens with two attached hydrogens (primary N) is 1. The first-order valence-corrected chi connectivity index (χ1v) is 5.70. The predicted molar refractivity (Wildman–Crippen MR) is 62.0 cm³/mol. The number of aryl methyl sites for hydroxylation is 1. The van der Waals surface area contributed by atoms with Gasteiger partial charge in [0.05, 0.1) is 24.9 Å². The molecule has 0 bridgehead atoms. The highest BCUT2D eigenvalue weighted by molar-refractivity contribution is 5.83. The summed E-state index contributed by atoms with van der Waals surface area (Å²) in [6, 6.07) is -0.690. The van der Waals surface area contributed by atoms with E-state index in [0.717, 1.165) is 0 Å². The highest BCUT2D eigenvalue weighted by atomic mass is 16.3. The van der Waals surface area contributed by atoms with Crippen LogP contribution < -0.4 is 5.73 Å². The van der Waals surface area contributed by atoms with Crippen LogP contribution in [-0.4, -0.2) is 44.4 Å². The monoisotopic (exact) mass is 238 g/mol. The number of nitrogens with zero attached hydrogens (tertiary/aromatic N) is 3. The maximum atomic E-state index is 12.0. The lowest BCUT2D eigenvalue weighted by molar-refractivity contribution is -0.157. The number of carbonyl (C=O) groups excluding carboxylic acids is 1. The van der Waals surface area contributed by atoms with Crippen LogP contribution in [0.2, 0.25) is 0 Å². The number of rotatable bonds is 3. The van der Waals surface area contributed by atoms with Gasteiger partial charge in [-0.05, 0) is 6.42 Å². The minimum atomic E-state index is -0.718. The number of hydrogen-bond donors (Lipinski definition) is 2. The second-order valence-electron chi connectivity index (χ2n) is 4.70. The molecule has 3 N–H and O–H groups in total. The van der Waals surface area contributed by atoms with Crippen LogP contribution in [0, 0.1) is 0 Å². The van der Waals surface area contributed by atoms with E-state index in [1.807, 2.05) is 6.92 Å². The Bertz CT molecular complexity index is 423. The Labute approximate surface area is 100 Å². The maximum absolute atomic E-state index is 12.0. The van der Waals surface area contributed by atoms with Crippen molar-refractivity contribution in [2.45, 2.75) is 25.0 Å². The largest absolute Gasteiger partial charge is 0.386 e. The number of β-amino-alcohol motifs (C(OH)–C–C–N with tert-alkyl or cyclic N) is 1. The zero-order chi connectivity index (χ0) is 12.6. The summed E-state index contributed by atoms with van der Waals surface area (Å²) in [6.45, 7) is 2.65. The smallest absolute Gasteiger partial charge is 0.244 e. The van der Waals surface area contributed by atoms with Gasteiger partial charge in [-0.25, -0.2) is 0 Å². The zero-order valence-corrected chi connectivity index (χ0v) is 10.1. The second-order valence-corrected chi connectivity index (χ2v) is 4.70. The van der Waals surface area contributed by atoms with Gasteiger partial charge in [0.25, 0.3) is 0 Å². The van der Waals surface area contributed by atoms with Crippen LogP contribution in [0.25, 0.3) is 0 Å². The van der Waals surface area contributed by atoms with Gasteiger partial charge in [-0.3, -0.25) is 9.48 Å². The topological polar surface area (TPSA) is 84.4 Å². The first kappa shape index (κ1) is 12.1. The van der Waals surface area contributed by atoms with Crippen LogP contribution in [-0.2, 0) is 11.8 Å². The van der Waals surface area contributed by atoms with Gasteiger partial charge in [0.15, 0.2) is 0 Å². The first-order chi connectivity index (χ1) is 7.95. The van der Waals surface area contributed by atoms with Crippen molar-refractivity contribution in [1.29, 1.82) is 0 Å². The fourth-order valence-corrected chi connectivity index (χ4v) is 1.98. The van der Waals surface area contributed by atoms with Gasteiger partial charge in [0, 0.05) is 18.8 Å². The molecule has 1 saturated heterocycles. The van der Waals surface area contributed by atoms with Crippen molar-refractivity contribution < 1.29 is 9.90 Å². The number of aliphatic hydroxyl groups is 1. The minimum absolute atomic E-state index is 0.156. The lowest BCUT2D eigenvalue weighted by Gasteiger charge is -2.46. The molecule has 6 nitrogen and oxygen atoms in total. The quantitative estimate of drug-likeness (QED) is 0.736. The SMILES string of the molecule is CCC1(O)CN(C(=O)C(N)c2cnn(C)c2)C1. The molecule has 1 aromatic heterocycles. The molecule has 1 unspecified atom stereocenters. The van der Waals surface area contributed by atoms with Crippen molar-refractivity contribution in [1.82, 2.24) is 14.7 Å². The van der Waals surface area contributed by atoms with E-state index >= 15 is 0 Å². The molecule has 1 aliphatic rings. The van der Waals surface area contributed by atoms with Gasteiger partial charge in [-0.15, -0.1) is 0 Å². The molecule has 0 aliphatic carbocycles. The van der Waals surface area contributed by atoms with E-state index in [-0.39, 0.29) is 5.91 Å². The Morgan fingerprint density at radius 3 is 2.82 bits per heavy atom. The fraction of sp³-hybridized carbons (Fsp3) is 0.636. The van der Waals surface area contributed by atoms with E-state index in [9.17, 15) is 9.90 Å². The highest BCUT2D eigenvalue weighted by Gasteiger charge is 2.43. The summed E-state index contributed by atoms with van der Waals surface area (Å²) in [5, 5.41) is 13.8. The third kappa shape index (κ3) is 2.18.